The van der Waals surface area contributed by atoms with Gasteiger partial charge in [-0.15, -0.1) is 0 Å². The van der Waals surface area contributed by atoms with Crippen LogP contribution in [0.25, 0.3) is 0 Å². The summed E-state index contributed by atoms with van der Waals surface area (Å²) < 4.78 is 5.54. The van der Waals surface area contributed by atoms with E-state index < -0.39 is 0 Å². The Hall–Kier alpha value is -0.700. The summed E-state index contributed by atoms with van der Waals surface area (Å²) in [6.45, 7) is 2.83. The Bertz CT molecular complexity index is 290. The molecule has 1 aromatic rings. The van der Waals surface area contributed by atoms with E-state index in [-0.39, 0.29) is 0 Å². The average molecular weight is 242 g/mol. The Labute approximate surface area is 86.6 Å². The molecule has 0 radical (unpaired) electrons. The molecular formula is C10H12BrNO. The summed E-state index contributed by atoms with van der Waals surface area (Å²) in [6, 6.07) is 8.19. The van der Waals surface area contributed by atoms with Crippen LogP contribution in [-0.2, 0) is 0 Å². The number of fused-ring (bicyclic) bond motifs is 1. The number of benzene rings is 1. The fourth-order valence-electron chi connectivity index (χ4n) is 1.56. The van der Waals surface area contributed by atoms with E-state index in [9.17, 15) is 0 Å². The van der Waals surface area contributed by atoms with Gasteiger partial charge in [0.2, 0.25) is 0 Å². The zero-order chi connectivity index (χ0) is 9.10. The molecule has 1 heterocycles. The molecule has 0 spiro atoms. The average Bonchev–Trinajstić information content (AvgIpc) is 2.19. The van der Waals surface area contributed by atoms with Gasteiger partial charge in [-0.25, -0.2) is 0 Å². The first kappa shape index (κ1) is 8.88. The van der Waals surface area contributed by atoms with Gasteiger partial charge >= 0.3 is 0 Å². The predicted octanol–water partition coefficient (Wildman–Crippen LogP) is 2.28. The molecule has 3 heteroatoms. The number of rotatable bonds is 2. The molecule has 0 amide bonds. The van der Waals surface area contributed by atoms with Crippen LogP contribution in [-0.4, -0.2) is 25.0 Å². The summed E-state index contributed by atoms with van der Waals surface area (Å²) in [5.74, 6) is 1.01. The van der Waals surface area contributed by atoms with Crippen LogP contribution >= 0.6 is 15.9 Å². The molecule has 0 saturated carbocycles. The van der Waals surface area contributed by atoms with Crippen molar-refractivity contribution in [3.63, 3.8) is 0 Å². The smallest absolute Gasteiger partial charge is 0.142 e. The van der Waals surface area contributed by atoms with Crippen LogP contribution in [0.3, 0.4) is 0 Å². The van der Waals surface area contributed by atoms with Gasteiger partial charge in [-0.3, -0.25) is 0 Å². The van der Waals surface area contributed by atoms with Crippen LogP contribution in [0.15, 0.2) is 24.3 Å². The maximum absolute atomic E-state index is 5.54. The predicted molar refractivity (Wildman–Crippen MR) is 57.9 cm³/mol. The number of hydrogen-bond donors (Lipinski definition) is 0. The first-order valence-electron chi connectivity index (χ1n) is 4.44. The van der Waals surface area contributed by atoms with Gasteiger partial charge in [-0.05, 0) is 12.1 Å². The highest BCUT2D eigenvalue weighted by Crippen LogP contribution is 2.30. The lowest BCUT2D eigenvalue weighted by atomic mass is 10.2. The van der Waals surface area contributed by atoms with E-state index in [2.05, 4.69) is 33.0 Å². The summed E-state index contributed by atoms with van der Waals surface area (Å²) in [5, 5.41) is 1.00. The molecule has 0 N–H and O–H groups in total. The zero-order valence-corrected chi connectivity index (χ0v) is 8.96. The monoisotopic (exact) mass is 241 g/mol. The molecule has 1 aliphatic heterocycles. The quantitative estimate of drug-likeness (QED) is 0.737. The van der Waals surface area contributed by atoms with Crippen molar-refractivity contribution in [1.29, 1.82) is 0 Å². The second-order valence-corrected chi connectivity index (χ2v) is 3.79. The largest absolute Gasteiger partial charge is 0.490 e. The van der Waals surface area contributed by atoms with Gasteiger partial charge in [0.05, 0.1) is 12.2 Å². The molecule has 1 aliphatic rings. The third-order valence-corrected chi connectivity index (χ3v) is 2.53. The van der Waals surface area contributed by atoms with E-state index >= 15 is 0 Å². The van der Waals surface area contributed by atoms with Crippen LogP contribution in [0.5, 0.6) is 5.75 Å². The summed E-state index contributed by atoms with van der Waals surface area (Å²) in [7, 11) is 0. The van der Waals surface area contributed by atoms with Crippen molar-refractivity contribution < 1.29 is 4.74 Å². The molecule has 13 heavy (non-hydrogen) atoms. The van der Waals surface area contributed by atoms with Crippen molar-refractivity contribution in [2.75, 3.05) is 29.9 Å². The van der Waals surface area contributed by atoms with Crippen molar-refractivity contribution in [3.05, 3.63) is 24.3 Å². The topological polar surface area (TPSA) is 12.5 Å². The fraction of sp³-hybridized carbons (Fsp3) is 0.400. The normalized spacial score (nSPS) is 15.0. The maximum Gasteiger partial charge on any atom is 0.142 e. The number of ether oxygens (including phenoxy) is 1. The highest BCUT2D eigenvalue weighted by molar-refractivity contribution is 9.09. The molecule has 1 aromatic carbocycles. The standard InChI is InChI=1S/C10H12BrNO/c11-5-6-12-7-8-13-10-4-2-1-3-9(10)12/h1-4H,5-8H2. The Kier molecular flexibility index (Phi) is 2.74. The molecule has 2 rings (SSSR count). The summed E-state index contributed by atoms with van der Waals surface area (Å²) >= 11 is 3.45. The molecule has 0 bridgehead atoms. The minimum atomic E-state index is 0.796. The number of hydrogen-bond acceptors (Lipinski definition) is 2. The lowest BCUT2D eigenvalue weighted by Gasteiger charge is -2.30. The number of nitrogens with zero attached hydrogens (tertiary/aromatic N) is 1. The minimum absolute atomic E-state index is 0.796. The molecule has 0 unspecified atom stereocenters. The van der Waals surface area contributed by atoms with Crippen LogP contribution in [0.1, 0.15) is 0 Å². The lowest BCUT2D eigenvalue weighted by Crippen LogP contribution is -2.33. The van der Waals surface area contributed by atoms with E-state index in [1.165, 1.54) is 5.69 Å². The fourth-order valence-corrected chi connectivity index (χ4v) is 1.99. The molecule has 0 fully saturated rings. The second kappa shape index (κ2) is 4.01. The van der Waals surface area contributed by atoms with E-state index in [0.29, 0.717) is 0 Å². The molecule has 70 valence electrons. The highest BCUT2D eigenvalue weighted by Gasteiger charge is 2.15. The van der Waals surface area contributed by atoms with Crippen molar-refractivity contribution in [2.45, 2.75) is 0 Å². The molecular weight excluding hydrogens is 230 g/mol. The first-order chi connectivity index (χ1) is 6.42. The molecule has 0 aromatic heterocycles. The van der Waals surface area contributed by atoms with Gasteiger partial charge in [-0.2, -0.15) is 0 Å². The summed E-state index contributed by atoms with van der Waals surface area (Å²) in [5.41, 5.74) is 1.22. The van der Waals surface area contributed by atoms with E-state index in [4.69, 9.17) is 4.74 Å². The zero-order valence-electron chi connectivity index (χ0n) is 7.37. The van der Waals surface area contributed by atoms with E-state index in [0.717, 1.165) is 30.8 Å². The number of alkyl halides is 1. The molecule has 0 aliphatic carbocycles. The SMILES string of the molecule is BrCCN1CCOc2ccccc21. The van der Waals surface area contributed by atoms with Gasteiger partial charge in [0.25, 0.3) is 0 Å². The Morgan fingerprint density at radius 2 is 2.23 bits per heavy atom. The van der Waals surface area contributed by atoms with Gasteiger partial charge in [0.1, 0.15) is 12.4 Å². The Morgan fingerprint density at radius 3 is 3.08 bits per heavy atom. The van der Waals surface area contributed by atoms with Crippen LogP contribution in [0.2, 0.25) is 0 Å². The summed E-state index contributed by atoms with van der Waals surface area (Å²) in [6.07, 6.45) is 0. The lowest BCUT2D eigenvalue weighted by molar-refractivity contribution is 0.308. The third-order valence-electron chi connectivity index (χ3n) is 2.18. The van der Waals surface area contributed by atoms with E-state index in [1.807, 2.05) is 12.1 Å². The molecule has 2 nitrogen and oxygen atoms in total. The van der Waals surface area contributed by atoms with Crippen molar-refractivity contribution in [3.8, 4) is 5.75 Å². The van der Waals surface area contributed by atoms with Gasteiger partial charge in [-0.1, -0.05) is 28.1 Å². The van der Waals surface area contributed by atoms with E-state index in [1.54, 1.807) is 0 Å². The van der Waals surface area contributed by atoms with Crippen molar-refractivity contribution >= 4 is 21.6 Å². The Morgan fingerprint density at radius 1 is 1.38 bits per heavy atom. The van der Waals surface area contributed by atoms with Crippen molar-refractivity contribution in [2.24, 2.45) is 0 Å². The number of anilines is 1. The highest BCUT2D eigenvalue weighted by atomic mass is 79.9. The van der Waals surface area contributed by atoms with Gasteiger partial charge in [0, 0.05) is 11.9 Å². The molecule has 0 atom stereocenters. The van der Waals surface area contributed by atoms with Crippen LogP contribution < -0.4 is 9.64 Å². The molecule has 0 saturated heterocycles. The van der Waals surface area contributed by atoms with Crippen molar-refractivity contribution in [1.82, 2.24) is 0 Å². The third kappa shape index (κ3) is 1.80. The first-order valence-corrected chi connectivity index (χ1v) is 5.56. The second-order valence-electron chi connectivity index (χ2n) is 2.99. The van der Waals surface area contributed by atoms with Gasteiger partial charge in [0.15, 0.2) is 0 Å². The minimum Gasteiger partial charge on any atom is -0.490 e. The van der Waals surface area contributed by atoms with Gasteiger partial charge < -0.3 is 9.64 Å². The Balaban J connectivity index is 2.26. The number of para-hydroxylation sites is 2. The van der Waals surface area contributed by atoms with Crippen LogP contribution in [0, 0.1) is 0 Å². The summed E-state index contributed by atoms with van der Waals surface area (Å²) in [4.78, 5) is 2.34. The number of halogens is 1. The van der Waals surface area contributed by atoms with Crippen LogP contribution in [0.4, 0.5) is 5.69 Å². The maximum atomic E-state index is 5.54.